The zero-order valence-corrected chi connectivity index (χ0v) is 12.0. The van der Waals surface area contributed by atoms with E-state index in [-0.39, 0.29) is 0 Å². The molecule has 1 aliphatic heterocycles. The molecule has 4 nitrogen and oxygen atoms in total. The summed E-state index contributed by atoms with van der Waals surface area (Å²) in [6, 6.07) is 4.30. The molecule has 4 heteroatoms. The van der Waals surface area contributed by atoms with Gasteiger partial charge < -0.3 is 10.1 Å². The number of nitrogens with one attached hydrogen (secondary N) is 1. The van der Waals surface area contributed by atoms with Crippen molar-refractivity contribution in [1.29, 1.82) is 5.26 Å². The van der Waals surface area contributed by atoms with Crippen molar-refractivity contribution in [3.63, 3.8) is 0 Å². The first-order valence-electron chi connectivity index (χ1n) is 7.56. The Morgan fingerprint density at radius 1 is 1.45 bits per heavy atom. The van der Waals surface area contributed by atoms with Crippen LogP contribution in [-0.2, 0) is 17.6 Å². The summed E-state index contributed by atoms with van der Waals surface area (Å²) >= 11 is 0. The van der Waals surface area contributed by atoms with Crippen molar-refractivity contribution in [2.75, 3.05) is 18.5 Å². The van der Waals surface area contributed by atoms with E-state index < -0.39 is 0 Å². The average molecular weight is 271 g/mol. The van der Waals surface area contributed by atoms with Crippen molar-refractivity contribution >= 4 is 5.82 Å². The van der Waals surface area contributed by atoms with E-state index in [0.717, 1.165) is 38.2 Å². The highest BCUT2D eigenvalue weighted by molar-refractivity contribution is 5.54. The van der Waals surface area contributed by atoms with Gasteiger partial charge in [0.05, 0.1) is 11.7 Å². The highest BCUT2D eigenvalue weighted by atomic mass is 16.5. The van der Waals surface area contributed by atoms with Crippen LogP contribution in [0.1, 0.15) is 43.0 Å². The Hall–Kier alpha value is -1.60. The van der Waals surface area contributed by atoms with E-state index >= 15 is 0 Å². The molecule has 0 bridgehead atoms. The van der Waals surface area contributed by atoms with E-state index in [1.54, 1.807) is 0 Å². The number of anilines is 1. The van der Waals surface area contributed by atoms with Gasteiger partial charge in [-0.25, -0.2) is 4.98 Å². The second-order valence-electron chi connectivity index (χ2n) is 5.81. The lowest BCUT2D eigenvalue weighted by atomic mass is 9.95. The summed E-state index contributed by atoms with van der Waals surface area (Å²) in [4.78, 5) is 4.70. The normalized spacial score (nSPS) is 25.0. The Morgan fingerprint density at radius 2 is 2.30 bits per heavy atom. The first kappa shape index (κ1) is 13.4. The zero-order chi connectivity index (χ0) is 13.9. The number of hydrogen-bond acceptors (Lipinski definition) is 4. The van der Waals surface area contributed by atoms with Gasteiger partial charge in [0.15, 0.2) is 0 Å². The van der Waals surface area contributed by atoms with Crippen LogP contribution in [0, 0.1) is 17.2 Å². The van der Waals surface area contributed by atoms with E-state index in [1.165, 1.54) is 24.1 Å². The minimum atomic E-state index is 0.297. The van der Waals surface area contributed by atoms with Gasteiger partial charge in [-0.1, -0.05) is 0 Å². The van der Waals surface area contributed by atoms with Crippen LogP contribution in [0.15, 0.2) is 6.07 Å². The van der Waals surface area contributed by atoms with Crippen LogP contribution in [-0.4, -0.2) is 24.2 Å². The summed E-state index contributed by atoms with van der Waals surface area (Å²) in [5.74, 6) is 1.27. The molecule has 2 aliphatic rings. The number of pyridine rings is 1. The number of rotatable bonds is 3. The molecule has 1 saturated heterocycles. The largest absolute Gasteiger partial charge is 0.378 e. The quantitative estimate of drug-likeness (QED) is 0.918. The number of nitrogens with zero attached hydrogens (tertiary/aromatic N) is 2. The van der Waals surface area contributed by atoms with Gasteiger partial charge in [-0.2, -0.15) is 5.26 Å². The third-order valence-electron chi connectivity index (χ3n) is 4.49. The minimum absolute atomic E-state index is 0.297. The average Bonchev–Trinajstić information content (AvgIpc) is 2.89. The monoisotopic (exact) mass is 271 g/mol. The SMILES string of the molecule is CC1OCCC1CNc1nc2c(cc1C#N)CCCC2. The van der Waals surface area contributed by atoms with Gasteiger partial charge in [0.2, 0.25) is 0 Å². The van der Waals surface area contributed by atoms with Gasteiger partial charge in [-0.3, -0.25) is 0 Å². The van der Waals surface area contributed by atoms with Gasteiger partial charge in [0, 0.05) is 24.8 Å². The first-order valence-corrected chi connectivity index (χ1v) is 7.56. The molecule has 106 valence electrons. The molecule has 1 aromatic rings. The summed E-state index contributed by atoms with van der Waals surface area (Å²) in [7, 11) is 0. The molecular weight excluding hydrogens is 250 g/mol. The smallest absolute Gasteiger partial charge is 0.144 e. The summed E-state index contributed by atoms with van der Waals surface area (Å²) in [6.07, 6.45) is 5.90. The molecule has 0 aromatic carbocycles. The minimum Gasteiger partial charge on any atom is -0.378 e. The van der Waals surface area contributed by atoms with Crippen LogP contribution >= 0.6 is 0 Å². The van der Waals surface area contributed by atoms with Crippen molar-refractivity contribution in [2.45, 2.75) is 45.1 Å². The van der Waals surface area contributed by atoms with E-state index in [4.69, 9.17) is 9.72 Å². The van der Waals surface area contributed by atoms with E-state index in [1.807, 2.05) is 6.07 Å². The molecule has 0 amide bonds. The fourth-order valence-electron chi connectivity index (χ4n) is 3.13. The predicted octanol–water partition coefficient (Wildman–Crippen LogP) is 2.67. The molecule has 1 N–H and O–H groups in total. The van der Waals surface area contributed by atoms with Crippen LogP contribution < -0.4 is 5.32 Å². The van der Waals surface area contributed by atoms with Crippen LogP contribution in [0.4, 0.5) is 5.82 Å². The molecule has 2 unspecified atom stereocenters. The fraction of sp³-hybridized carbons (Fsp3) is 0.625. The number of aromatic nitrogens is 1. The van der Waals surface area contributed by atoms with Gasteiger partial charge in [-0.05, 0) is 50.7 Å². The summed E-state index contributed by atoms with van der Waals surface area (Å²) in [6.45, 7) is 3.79. The maximum absolute atomic E-state index is 9.31. The maximum Gasteiger partial charge on any atom is 0.144 e. The van der Waals surface area contributed by atoms with Gasteiger partial charge in [0.25, 0.3) is 0 Å². The van der Waals surface area contributed by atoms with Crippen molar-refractivity contribution in [3.05, 3.63) is 22.9 Å². The molecule has 1 aromatic heterocycles. The lowest BCUT2D eigenvalue weighted by Crippen LogP contribution is -2.22. The lowest BCUT2D eigenvalue weighted by Gasteiger charge is -2.19. The molecular formula is C16H21N3O. The van der Waals surface area contributed by atoms with Crippen molar-refractivity contribution < 1.29 is 4.74 Å². The lowest BCUT2D eigenvalue weighted by molar-refractivity contribution is 0.108. The van der Waals surface area contributed by atoms with Crippen molar-refractivity contribution in [3.8, 4) is 6.07 Å². The number of aryl methyl sites for hydroxylation is 2. The number of hydrogen-bond donors (Lipinski definition) is 1. The fourth-order valence-corrected chi connectivity index (χ4v) is 3.13. The molecule has 0 saturated carbocycles. The summed E-state index contributed by atoms with van der Waals surface area (Å²) in [5.41, 5.74) is 3.11. The molecule has 2 atom stereocenters. The van der Waals surface area contributed by atoms with Crippen LogP contribution in [0.25, 0.3) is 0 Å². The second kappa shape index (κ2) is 5.80. The summed E-state index contributed by atoms with van der Waals surface area (Å²) in [5, 5.41) is 12.7. The highest BCUT2D eigenvalue weighted by Crippen LogP contribution is 2.26. The number of nitriles is 1. The van der Waals surface area contributed by atoms with Crippen molar-refractivity contribution in [2.24, 2.45) is 5.92 Å². The van der Waals surface area contributed by atoms with Gasteiger partial charge in [-0.15, -0.1) is 0 Å². The molecule has 0 radical (unpaired) electrons. The second-order valence-corrected chi connectivity index (χ2v) is 5.81. The first-order chi connectivity index (χ1) is 9.78. The number of fused-ring (bicyclic) bond motifs is 1. The van der Waals surface area contributed by atoms with Gasteiger partial charge in [0.1, 0.15) is 11.9 Å². The van der Waals surface area contributed by atoms with E-state index in [2.05, 4.69) is 18.3 Å². The van der Waals surface area contributed by atoms with Crippen LogP contribution in [0.3, 0.4) is 0 Å². The zero-order valence-electron chi connectivity index (χ0n) is 12.0. The molecule has 1 aliphatic carbocycles. The Bertz CT molecular complexity index is 535. The van der Waals surface area contributed by atoms with E-state index in [0.29, 0.717) is 17.6 Å². The Labute approximate surface area is 120 Å². The molecule has 0 spiro atoms. The van der Waals surface area contributed by atoms with Gasteiger partial charge >= 0.3 is 0 Å². The van der Waals surface area contributed by atoms with Crippen molar-refractivity contribution in [1.82, 2.24) is 4.98 Å². The number of ether oxygens (including phenoxy) is 1. The Balaban J connectivity index is 1.76. The van der Waals surface area contributed by atoms with E-state index in [9.17, 15) is 5.26 Å². The third-order valence-corrected chi connectivity index (χ3v) is 4.49. The van der Waals surface area contributed by atoms with Crippen LogP contribution in [0.5, 0.6) is 0 Å². The molecule has 2 heterocycles. The topological polar surface area (TPSA) is 57.9 Å². The standard InChI is InChI=1S/C16H21N3O/c1-11-13(6-7-20-11)10-18-16-14(9-17)8-12-4-2-3-5-15(12)19-16/h8,11,13H,2-7,10H2,1H3,(H,18,19). The molecule has 1 fully saturated rings. The predicted molar refractivity (Wildman–Crippen MR) is 77.6 cm³/mol. The summed E-state index contributed by atoms with van der Waals surface area (Å²) < 4.78 is 5.58. The van der Waals surface area contributed by atoms with Crippen LogP contribution in [0.2, 0.25) is 0 Å². The highest BCUT2D eigenvalue weighted by Gasteiger charge is 2.24. The Morgan fingerprint density at radius 3 is 3.05 bits per heavy atom. The third kappa shape index (κ3) is 2.64. The molecule has 3 rings (SSSR count). The Kier molecular flexibility index (Phi) is 3.88. The maximum atomic E-state index is 9.31. The molecule has 20 heavy (non-hydrogen) atoms.